The number of hydrogen-bond acceptors (Lipinski definition) is 2. The van der Waals surface area contributed by atoms with Crippen LogP contribution in [0.1, 0.15) is 102 Å². The van der Waals surface area contributed by atoms with Crippen LogP contribution in [-0.2, 0) is 17.4 Å². The van der Waals surface area contributed by atoms with Crippen LogP contribution in [-0.4, -0.2) is 36.5 Å². The van der Waals surface area contributed by atoms with Gasteiger partial charge < -0.3 is 10.2 Å². The smallest absolute Gasteiger partial charge is 0.355 e. The van der Waals surface area contributed by atoms with Crippen LogP contribution < -0.4 is 5.32 Å². The molecule has 0 radical (unpaired) electrons. The Morgan fingerprint density at radius 3 is 2.50 bits per heavy atom. The van der Waals surface area contributed by atoms with Crippen LogP contribution in [0.3, 0.4) is 0 Å². The average molecular weight is 617 g/mol. The Kier molecular flexibility index (Phi) is 13.9. The predicted molar refractivity (Wildman–Crippen MR) is 173 cm³/mol. The Bertz CT molecular complexity index is 1180. The summed E-state index contributed by atoms with van der Waals surface area (Å²) in [6, 6.07) is 13.4. The first-order chi connectivity index (χ1) is 21.1. The van der Waals surface area contributed by atoms with Crippen molar-refractivity contribution in [3.05, 3.63) is 77.1 Å². The second-order valence-corrected chi connectivity index (χ2v) is 12.5. The minimum Gasteiger partial charge on any atom is -0.355 e. The van der Waals surface area contributed by atoms with E-state index in [-0.39, 0.29) is 24.4 Å². The summed E-state index contributed by atoms with van der Waals surface area (Å²) in [6.45, 7) is 10.7. The molecule has 1 saturated heterocycles. The topological polar surface area (TPSA) is 32.3 Å². The highest BCUT2D eigenvalue weighted by Gasteiger charge is 2.46. The van der Waals surface area contributed by atoms with Gasteiger partial charge in [0.15, 0.2) is 0 Å². The van der Waals surface area contributed by atoms with Crippen LogP contribution in [0.4, 0.5) is 17.6 Å². The lowest BCUT2D eigenvalue weighted by Gasteiger charge is -2.40. The van der Waals surface area contributed by atoms with Gasteiger partial charge in [0.05, 0.1) is 11.0 Å². The largest absolute Gasteiger partial charge is 0.416 e. The summed E-state index contributed by atoms with van der Waals surface area (Å²) >= 11 is 0. The van der Waals surface area contributed by atoms with Crippen molar-refractivity contribution in [1.29, 1.82) is 0 Å². The van der Waals surface area contributed by atoms with E-state index in [1.165, 1.54) is 5.56 Å². The molecule has 2 fully saturated rings. The normalized spacial score (nSPS) is 24.2. The summed E-state index contributed by atoms with van der Waals surface area (Å²) in [5, 5.41) is 3.03. The minimum absolute atomic E-state index is 0.00248. The van der Waals surface area contributed by atoms with E-state index in [9.17, 15) is 22.4 Å². The highest BCUT2D eigenvalue weighted by atomic mass is 19.4. The number of unbranched alkanes of at least 4 members (excludes halogenated alkanes) is 3. The molecule has 244 valence electrons. The maximum Gasteiger partial charge on any atom is 0.416 e. The number of allylic oxidation sites excluding steroid dienone is 1. The number of carbonyl (C=O) groups is 1. The fraction of sp³-hybridized carbons (Fsp3) is 0.595. The van der Waals surface area contributed by atoms with Crippen LogP contribution in [0.5, 0.6) is 0 Å². The van der Waals surface area contributed by atoms with Gasteiger partial charge in [-0.25, -0.2) is 4.39 Å². The third-order valence-electron chi connectivity index (χ3n) is 9.41. The summed E-state index contributed by atoms with van der Waals surface area (Å²) < 4.78 is 53.2. The summed E-state index contributed by atoms with van der Waals surface area (Å²) in [5.41, 5.74) is 0.00982. The molecule has 2 aromatic rings. The van der Waals surface area contributed by atoms with Crippen molar-refractivity contribution < 1.29 is 22.4 Å². The third-order valence-corrected chi connectivity index (χ3v) is 9.41. The van der Waals surface area contributed by atoms with Crippen molar-refractivity contribution in [2.45, 2.75) is 104 Å². The van der Waals surface area contributed by atoms with E-state index in [0.29, 0.717) is 23.9 Å². The van der Waals surface area contributed by atoms with Crippen molar-refractivity contribution in [1.82, 2.24) is 10.2 Å². The van der Waals surface area contributed by atoms with Gasteiger partial charge in [0.1, 0.15) is 5.82 Å². The highest BCUT2D eigenvalue weighted by molar-refractivity contribution is 5.83. The Morgan fingerprint density at radius 2 is 1.82 bits per heavy atom. The van der Waals surface area contributed by atoms with Gasteiger partial charge in [0.2, 0.25) is 5.91 Å². The van der Waals surface area contributed by atoms with Gasteiger partial charge in [0, 0.05) is 19.1 Å². The monoisotopic (exact) mass is 616 g/mol. The average Bonchev–Trinajstić information content (AvgIpc) is 3.45. The molecule has 2 aliphatic rings. The first-order valence-corrected chi connectivity index (χ1v) is 16.7. The number of nitrogens with zero attached hydrogens (tertiary/aromatic N) is 1. The van der Waals surface area contributed by atoms with Gasteiger partial charge in [-0.05, 0) is 86.2 Å². The second-order valence-electron chi connectivity index (χ2n) is 12.5. The summed E-state index contributed by atoms with van der Waals surface area (Å²) in [7, 11) is 0. The van der Waals surface area contributed by atoms with Gasteiger partial charge in [0.25, 0.3) is 0 Å². The molecule has 2 aromatic carbocycles. The fourth-order valence-electron chi connectivity index (χ4n) is 6.93. The number of rotatable bonds is 12. The minimum atomic E-state index is -4.61. The van der Waals surface area contributed by atoms with E-state index < -0.39 is 23.0 Å². The van der Waals surface area contributed by atoms with Crippen molar-refractivity contribution >= 4 is 12.0 Å². The van der Waals surface area contributed by atoms with Gasteiger partial charge in [-0.1, -0.05) is 95.9 Å². The van der Waals surface area contributed by atoms with Crippen LogP contribution in [0, 0.1) is 23.1 Å². The van der Waals surface area contributed by atoms with E-state index >= 15 is 0 Å². The van der Waals surface area contributed by atoms with E-state index in [4.69, 9.17) is 0 Å². The lowest BCUT2D eigenvalue weighted by atomic mass is 9.79. The van der Waals surface area contributed by atoms with Gasteiger partial charge in [-0.3, -0.25) is 4.79 Å². The third kappa shape index (κ3) is 10.2. The lowest BCUT2D eigenvalue weighted by Crippen LogP contribution is -2.46. The Labute approximate surface area is 262 Å². The Morgan fingerprint density at radius 1 is 1.07 bits per heavy atom. The number of likely N-dealkylation sites (tertiary alicyclic amines) is 1. The molecular weight excluding hydrogens is 564 g/mol. The molecule has 0 bridgehead atoms. The molecule has 4 rings (SSSR count). The van der Waals surface area contributed by atoms with E-state index in [1.807, 2.05) is 19.9 Å². The maximum absolute atomic E-state index is 13.8. The number of hydrogen-bond donors (Lipinski definition) is 1. The highest BCUT2D eigenvalue weighted by Crippen LogP contribution is 2.46. The van der Waals surface area contributed by atoms with E-state index in [0.717, 1.165) is 83.0 Å². The first kappa shape index (κ1) is 35.8. The number of alkyl halides is 3. The molecule has 4 atom stereocenters. The van der Waals surface area contributed by atoms with E-state index in [2.05, 4.69) is 60.5 Å². The number of halogens is 4. The van der Waals surface area contributed by atoms with Crippen molar-refractivity contribution in [2.24, 2.45) is 17.3 Å². The molecule has 1 heterocycles. The zero-order valence-electron chi connectivity index (χ0n) is 27.1. The maximum atomic E-state index is 13.8. The summed E-state index contributed by atoms with van der Waals surface area (Å²) in [6.07, 6.45) is 9.06. The number of benzene rings is 2. The zero-order chi connectivity index (χ0) is 32.2. The molecule has 3 nitrogen and oxygen atoms in total. The molecule has 1 aliphatic heterocycles. The second kappa shape index (κ2) is 17.1. The van der Waals surface area contributed by atoms with Crippen LogP contribution in [0.2, 0.25) is 0 Å². The molecule has 3 unspecified atom stereocenters. The Balaban J connectivity index is 0.00000259. The van der Waals surface area contributed by atoms with Crippen molar-refractivity contribution in [2.75, 3.05) is 19.6 Å². The molecule has 1 saturated carbocycles. The van der Waals surface area contributed by atoms with Gasteiger partial charge >= 0.3 is 6.18 Å². The molecular formula is C37H52F4N2O. The number of carbonyl (C=O) groups excluding carboxylic acids is 1. The molecule has 44 heavy (non-hydrogen) atoms. The number of piperidine rings is 1. The lowest BCUT2D eigenvalue weighted by molar-refractivity contribution is -0.138. The molecule has 1 N–H and O–H groups in total. The SMILES string of the molecule is CC.CCCCCCC1(C(=O)NCCc2cc(F)cc(C(F)(F)F)c2)CCC(N2CC[C@@H](/C=C\c3ccccc3)C(C)C2)C1. The predicted octanol–water partition coefficient (Wildman–Crippen LogP) is 9.71. The zero-order valence-corrected chi connectivity index (χ0v) is 27.1. The molecule has 1 amide bonds. The molecule has 0 spiro atoms. The Hall–Kier alpha value is -2.67. The van der Waals surface area contributed by atoms with Crippen LogP contribution in [0.15, 0.2) is 54.6 Å². The van der Waals surface area contributed by atoms with Gasteiger partial charge in [-0.15, -0.1) is 0 Å². The summed E-state index contributed by atoms with van der Waals surface area (Å²) in [5.74, 6) is 0.152. The summed E-state index contributed by atoms with van der Waals surface area (Å²) in [4.78, 5) is 16.3. The van der Waals surface area contributed by atoms with E-state index in [1.54, 1.807) is 0 Å². The molecule has 0 aromatic heterocycles. The standard InChI is InChI=1S/C35H46F4N2O.C2H6/c1-3-4-5-9-17-34(33(42)40-19-15-28-21-30(35(37,38)39)23-31(36)22-28)18-14-32(24-34)41-20-16-29(26(2)25-41)13-12-27-10-7-6-8-11-27;1-2/h6-8,10-13,21-23,26,29,32H,3-5,9,14-20,24-25H2,1-2H3,(H,40,42);1-2H3/b13-12-;/t26?,29-,32?,34?;/m1./s1. The first-order valence-electron chi connectivity index (χ1n) is 16.7. The van der Waals surface area contributed by atoms with Crippen LogP contribution in [0.25, 0.3) is 6.08 Å². The van der Waals surface area contributed by atoms with Crippen LogP contribution >= 0.6 is 0 Å². The number of nitrogens with one attached hydrogen (secondary N) is 1. The molecule has 7 heteroatoms. The quantitative estimate of drug-likeness (QED) is 0.190. The van der Waals surface area contributed by atoms with Crippen molar-refractivity contribution in [3.8, 4) is 0 Å². The van der Waals surface area contributed by atoms with Gasteiger partial charge in [-0.2, -0.15) is 13.2 Å². The molecule has 1 aliphatic carbocycles. The fourth-order valence-corrected chi connectivity index (χ4v) is 6.93. The van der Waals surface area contributed by atoms with Crippen molar-refractivity contribution in [3.63, 3.8) is 0 Å². The number of amides is 1.